The van der Waals surface area contributed by atoms with Gasteiger partial charge < -0.3 is 20.9 Å². The summed E-state index contributed by atoms with van der Waals surface area (Å²) in [7, 11) is 3.78. The standard InChI is InChI=1S/C19H29N5O2/c1-23(2)13-17(25)22-19-9-3-4-15(19)24(11-10-19)18(26)8-6-14-5-7-16(20)21-12-14/h5,7,12,15H,3-4,6,8-11,13H2,1-2H3,(H2,20,21)(H,22,25). The van der Waals surface area contributed by atoms with Gasteiger partial charge in [0.1, 0.15) is 5.82 Å². The molecule has 0 spiro atoms. The smallest absolute Gasteiger partial charge is 0.234 e. The quantitative estimate of drug-likeness (QED) is 0.784. The largest absolute Gasteiger partial charge is 0.384 e. The number of likely N-dealkylation sites (tertiary alicyclic amines) is 1. The van der Waals surface area contributed by atoms with Gasteiger partial charge in [-0.05, 0) is 57.8 Å². The molecule has 3 rings (SSSR count). The maximum Gasteiger partial charge on any atom is 0.234 e. The van der Waals surface area contributed by atoms with Crippen LogP contribution in [0.3, 0.4) is 0 Å². The number of rotatable bonds is 6. The zero-order valence-electron chi connectivity index (χ0n) is 15.7. The van der Waals surface area contributed by atoms with Gasteiger partial charge in [-0.3, -0.25) is 9.59 Å². The monoisotopic (exact) mass is 359 g/mol. The number of carbonyl (C=O) groups is 2. The van der Waals surface area contributed by atoms with Crippen LogP contribution >= 0.6 is 0 Å². The Morgan fingerprint density at radius 3 is 2.88 bits per heavy atom. The van der Waals surface area contributed by atoms with Crippen molar-refractivity contribution in [2.45, 2.75) is 50.1 Å². The number of aromatic nitrogens is 1. The van der Waals surface area contributed by atoms with Crippen molar-refractivity contribution in [2.24, 2.45) is 0 Å². The predicted octanol–water partition coefficient (Wildman–Crippen LogP) is 0.798. The van der Waals surface area contributed by atoms with Crippen LogP contribution in [0.1, 0.15) is 37.7 Å². The molecule has 2 heterocycles. The first-order valence-electron chi connectivity index (χ1n) is 9.35. The Bertz CT molecular complexity index is 660. The van der Waals surface area contributed by atoms with E-state index >= 15 is 0 Å². The van der Waals surface area contributed by atoms with Gasteiger partial charge in [0, 0.05) is 19.2 Å². The number of aryl methyl sites for hydroxylation is 1. The van der Waals surface area contributed by atoms with Crippen molar-refractivity contribution in [1.29, 1.82) is 0 Å². The van der Waals surface area contributed by atoms with Crippen LogP contribution in [0.5, 0.6) is 0 Å². The van der Waals surface area contributed by atoms with Crippen molar-refractivity contribution in [2.75, 3.05) is 32.9 Å². The summed E-state index contributed by atoms with van der Waals surface area (Å²) < 4.78 is 0. The molecule has 0 bridgehead atoms. The lowest BCUT2D eigenvalue weighted by Gasteiger charge is -2.33. The molecule has 2 atom stereocenters. The lowest BCUT2D eigenvalue weighted by molar-refractivity contribution is -0.133. The van der Waals surface area contributed by atoms with E-state index in [2.05, 4.69) is 10.3 Å². The normalized spacial score (nSPS) is 24.7. The fraction of sp³-hybridized carbons (Fsp3) is 0.632. The average molecular weight is 359 g/mol. The van der Waals surface area contributed by atoms with Gasteiger partial charge in [-0.15, -0.1) is 0 Å². The van der Waals surface area contributed by atoms with Gasteiger partial charge in [0.25, 0.3) is 0 Å². The zero-order valence-corrected chi connectivity index (χ0v) is 15.7. The van der Waals surface area contributed by atoms with E-state index in [-0.39, 0.29) is 23.4 Å². The summed E-state index contributed by atoms with van der Waals surface area (Å²) in [6, 6.07) is 3.81. The Morgan fingerprint density at radius 2 is 2.19 bits per heavy atom. The van der Waals surface area contributed by atoms with Gasteiger partial charge in [0.15, 0.2) is 0 Å². The van der Waals surface area contributed by atoms with E-state index in [1.165, 1.54) is 0 Å². The number of hydrogen-bond donors (Lipinski definition) is 2. The molecule has 142 valence electrons. The number of pyridine rings is 1. The molecule has 2 unspecified atom stereocenters. The summed E-state index contributed by atoms with van der Waals surface area (Å²) in [6.45, 7) is 1.11. The third-order valence-corrected chi connectivity index (χ3v) is 5.56. The molecule has 1 saturated carbocycles. The van der Waals surface area contributed by atoms with Crippen LogP contribution in [-0.4, -0.2) is 65.4 Å². The highest BCUT2D eigenvalue weighted by atomic mass is 16.2. The fourth-order valence-electron chi connectivity index (χ4n) is 4.37. The van der Waals surface area contributed by atoms with E-state index in [4.69, 9.17) is 5.73 Å². The molecule has 2 amide bonds. The Hall–Kier alpha value is -2.15. The summed E-state index contributed by atoms with van der Waals surface area (Å²) in [4.78, 5) is 33.0. The minimum Gasteiger partial charge on any atom is -0.384 e. The van der Waals surface area contributed by atoms with Crippen molar-refractivity contribution < 1.29 is 9.59 Å². The van der Waals surface area contributed by atoms with E-state index < -0.39 is 0 Å². The number of amides is 2. The highest BCUT2D eigenvalue weighted by molar-refractivity contribution is 5.80. The van der Waals surface area contributed by atoms with Gasteiger partial charge in [-0.25, -0.2) is 4.98 Å². The van der Waals surface area contributed by atoms with Crippen molar-refractivity contribution in [3.63, 3.8) is 0 Å². The molecule has 3 N–H and O–H groups in total. The molecule has 1 aliphatic carbocycles. The molecule has 7 nitrogen and oxygen atoms in total. The molecule has 7 heteroatoms. The van der Waals surface area contributed by atoms with E-state index in [1.54, 1.807) is 12.3 Å². The maximum absolute atomic E-state index is 12.8. The minimum absolute atomic E-state index is 0.0455. The number of likely N-dealkylation sites (N-methyl/N-ethyl adjacent to an activating group) is 1. The van der Waals surface area contributed by atoms with Gasteiger partial charge >= 0.3 is 0 Å². The molecule has 2 fully saturated rings. The topological polar surface area (TPSA) is 91.6 Å². The Kier molecular flexibility index (Phi) is 5.46. The fourth-order valence-corrected chi connectivity index (χ4v) is 4.37. The molecule has 1 aromatic heterocycles. The van der Waals surface area contributed by atoms with Crippen LogP contribution in [0.4, 0.5) is 5.82 Å². The van der Waals surface area contributed by atoms with Crippen LogP contribution in [0.25, 0.3) is 0 Å². The molecular formula is C19H29N5O2. The Labute approximate surface area is 154 Å². The van der Waals surface area contributed by atoms with Crippen molar-refractivity contribution in [3.05, 3.63) is 23.9 Å². The predicted molar refractivity (Wildman–Crippen MR) is 100 cm³/mol. The molecule has 0 aromatic carbocycles. The summed E-state index contributed by atoms with van der Waals surface area (Å²) in [5, 5.41) is 3.25. The molecule has 2 aliphatic rings. The molecule has 0 radical (unpaired) electrons. The summed E-state index contributed by atoms with van der Waals surface area (Å²) in [5.41, 5.74) is 6.39. The number of anilines is 1. The number of fused-ring (bicyclic) bond motifs is 1. The summed E-state index contributed by atoms with van der Waals surface area (Å²) >= 11 is 0. The molecule has 1 aromatic rings. The van der Waals surface area contributed by atoms with Crippen LogP contribution < -0.4 is 11.1 Å². The van der Waals surface area contributed by atoms with Gasteiger partial charge in [0.05, 0.1) is 18.1 Å². The first-order chi connectivity index (χ1) is 12.4. The number of nitrogen functional groups attached to an aromatic ring is 1. The van der Waals surface area contributed by atoms with E-state index in [0.29, 0.717) is 25.2 Å². The number of nitrogens with one attached hydrogen (secondary N) is 1. The van der Waals surface area contributed by atoms with E-state index in [0.717, 1.165) is 37.8 Å². The Balaban J connectivity index is 1.60. The van der Waals surface area contributed by atoms with Crippen LogP contribution in [-0.2, 0) is 16.0 Å². The summed E-state index contributed by atoms with van der Waals surface area (Å²) in [5.74, 6) is 0.699. The number of carbonyl (C=O) groups excluding carboxylic acids is 2. The second-order valence-electron chi connectivity index (χ2n) is 7.78. The maximum atomic E-state index is 12.8. The third-order valence-electron chi connectivity index (χ3n) is 5.56. The molecular weight excluding hydrogens is 330 g/mol. The molecule has 26 heavy (non-hydrogen) atoms. The number of nitrogens with two attached hydrogens (primary N) is 1. The highest BCUT2D eigenvalue weighted by Crippen LogP contribution is 2.42. The van der Waals surface area contributed by atoms with Crippen LogP contribution in [0, 0.1) is 0 Å². The second-order valence-corrected chi connectivity index (χ2v) is 7.78. The van der Waals surface area contributed by atoms with Gasteiger partial charge in [-0.2, -0.15) is 0 Å². The van der Waals surface area contributed by atoms with Crippen molar-refractivity contribution in [1.82, 2.24) is 20.1 Å². The van der Waals surface area contributed by atoms with E-state index in [1.807, 2.05) is 30.0 Å². The van der Waals surface area contributed by atoms with Crippen LogP contribution in [0.15, 0.2) is 18.3 Å². The first-order valence-corrected chi connectivity index (χ1v) is 9.35. The molecule has 1 aliphatic heterocycles. The number of nitrogens with zero attached hydrogens (tertiary/aromatic N) is 3. The lowest BCUT2D eigenvalue weighted by Crippen LogP contribution is -2.55. The summed E-state index contributed by atoms with van der Waals surface area (Å²) in [6.07, 6.45) is 6.69. The highest BCUT2D eigenvalue weighted by Gasteiger charge is 2.52. The van der Waals surface area contributed by atoms with Crippen molar-refractivity contribution >= 4 is 17.6 Å². The van der Waals surface area contributed by atoms with Gasteiger partial charge in [0.2, 0.25) is 11.8 Å². The average Bonchev–Trinajstić information content (AvgIpc) is 3.11. The third kappa shape index (κ3) is 3.98. The molecule has 1 saturated heterocycles. The Morgan fingerprint density at radius 1 is 1.38 bits per heavy atom. The zero-order chi connectivity index (χ0) is 18.7. The second kappa shape index (κ2) is 7.61. The van der Waals surface area contributed by atoms with Crippen molar-refractivity contribution in [3.8, 4) is 0 Å². The van der Waals surface area contributed by atoms with E-state index in [9.17, 15) is 9.59 Å². The van der Waals surface area contributed by atoms with Gasteiger partial charge in [-0.1, -0.05) is 6.07 Å². The lowest BCUT2D eigenvalue weighted by atomic mass is 9.92. The SMILES string of the molecule is CN(C)CC(=O)NC12CCCC1N(C(=O)CCc1ccc(N)nc1)CC2. The van der Waals surface area contributed by atoms with Crippen LogP contribution in [0.2, 0.25) is 0 Å². The number of hydrogen-bond acceptors (Lipinski definition) is 5. The minimum atomic E-state index is -0.231. The first kappa shape index (κ1) is 18.6.